The van der Waals surface area contributed by atoms with E-state index in [2.05, 4.69) is 39.4 Å². The van der Waals surface area contributed by atoms with Crippen molar-refractivity contribution in [3.8, 4) is 0 Å². The van der Waals surface area contributed by atoms with Gasteiger partial charge in [-0.15, -0.1) is 0 Å². The molecule has 6 nitrogen and oxygen atoms in total. The summed E-state index contributed by atoms with van der Waals surface area (Å²) in [4.78, 5) is 9.56. The summed E-state index contributed by atoms with van der Waals surface area (Å²) in [5.74, 6) is 0.768. The first-order valence-electron chi connectivity index (χ1n) is 10.2. The van der Waals surface area contributed by atoms with E-state index in [0.717, 1.165) is 50.7 Å². The maximum absolute atomic E-state index is 10.7. The minimum absolute atomic E-state index is 0.324. The van der Waals surface area contributed by atoms with Crippen molar-refractivity contribution in [2.45, 2.75) is 32.3 Å². The Bertz CT molecular complexity index is 561. The lowest BCUT2D eigenvalue weighted by Gasteiger charge is -2.23. The third kappa shape index (κ3) is 7.87. The molecule has 0 bridgehead atoms. The Balaban J connectivity index is 1.78. The molecule has 1 saturated heterocycles. The van der Waals surface area contributed by atoms with Crippen molar-refractivity contribution in [2.75, 3.05) is 59.4 Å². The molecule has 6 heteroatoms. The van der Waals surface area contributed by atoms with Crippen LogP contribution in [0.3, 0.4) is 0 Å². The molecule has 1 heterocycles. The molecular weight excluding hydrogens is 338 g/mol. The molecule has 1 aliphatic rings. The monoisotopic (exact) mass is 375 g/mol. The van der Waals surface area contributed by atoms with Gasteiger partial charge in [-0.3, -0.25) is 0 Å². The Kier molecular flexibility index (Phi) is 9.04. The standard InChI is InChI=1S/C21H37N5O/c1-4-22-20(24-18-21(2,27)19-10-6-5-7-11-19)23-12-8-14-26-15-9-13-25(3)16-17-26/h5-7,10-11,27H,4,8-9,12-18H2,1-3H3,(H2,22,23,24). The third-order valence-corrected chi connectivity index (χ3v) is 5.04. The Labute approximate surface area is 164 Å². The van der Waals surface area contributed by atoms with Crippen LogP contribution in [0.4, 0.5) is 0 Å². The minimum atomic E-state index is -0.971. The number of rotatable bonds is 8. The summed E-state index contributed by atoms with van der Waals surface area (Å²) in [7, 11) is 2.20. The van der Waals surface area contributed by atoms with Crippen LogP contribution in [0.1, 0.15) is 32.3 Å². The molecular formula is C21H37N5O. The van der Waals surface area contributed by atoms with Crippen molar-refractivity contribution < 1.29 is 5.11 Å². The van der Waals surface area contributed by atoms with E-state index in [0.29, 0.717) is 6.54 Å². The second-order valence-corrected chi connectivity index (χ2v) is 7.61. The molecule has 0 aromatic heterocycles. The van der Waals surface area contributed by atoms with Gasteiger partial charge in [0.1, 0.15) is 5.60 Å². The van der Waals surface area contributed by atoms with Gasteiger partial charge in [0, 0.05) is 26.2 Å². The zero-order chi connectivity index (χ0) is 19.5. The van der Waals surface area contributed by atoms with Crippen molar-refractivity contribution in [3.63, 3.8) is 0 Å². The highest BCUT2D eigenvalue weighted by atomic mass is 16.3. The lowest BCUT2D eigenvalue weighted by Crippen LogP contribution is -2.40. The van der Waals surface area contributed by atoms with Gasteiger partial charge in [-0.05, 0) is 58.9 Å². The lowest BCUT2D eigenvalue weighted by atomic mass is 9.96. The fraction of sp³-hybridized carbons (Fsp3) is 0.667. The number of nitrogens with zero attached hydrogens (tertiary/aromatic N) is 3. The number of benzene rings is 1. The van der Waals surface area contributed by atoms with E-state index in [1.807, 2.05) is 37.3 Å². The van der Waals surface area contributed by atoms with E-state index in [9.17, 15) is 5.11 Å². The average Bonchev–Trinajstić information content (AvgIpc) is 2.88. The highest BCUT2D eigenvalue weighted by Gasteiger charge is 2.22. The first-order valence-corrected chi connectivity index (χ1v) is 10.2. The molecule has 0 radical (unpaired) electrons. The van der Waals surface area contributed by atoms with Gasteiger partial charge in [0.25, 0.3) is 0 Å². The number of aliphatic hydroxyl groups is 1. The van der Waals surface area contributed by atoms with E-state index in [1.165, 1.54) is 19.5 Å². The first-order chi connectivity index (χ1) is 13.0. The fourth-order valence-corrected chi connectivity index (χ4v) is 3.30. The Morgan fingerprint density at radius 3 is 2.67 bits per heavy atom. The van der Waals surface area contributed by atoms with E-state index in [4.69, 9.17) is 0 Å². The number of hydrogen-bond donors (Lipinski definition) is 3. The topological polar surface area (TPSA) is 63.1 Å². The Morgan fingerprint density at radius 1 is 1.15 bits per heavy atom. The summed E-state index contributed by atoms with van der Waals surface area (Å²) in [6, 6.07) is 9.72. The number of guanidine groups is 1. The molecule has 1 fully saturated rings. The molecule has 1 aliphatic heterocycles. The maximum Gasteiger partial charge on any atom is 0.191 e. The van der Waals surface area contributed by atoms with Gasteiger partial charge in [-0.1, -0.05) is 30.3 Å². The van der Waals surface area contributed by atoms with Crippen LogP contribution in [0.2, 0.25) is 0 Å². The fourth-order valence-electron chi connectivity index (χ4n) is 3.30. The van der Waals surface area contributed by atoms with Gasteiger partial charge < -0.3 is 25.5 Å². The number of nitrogens with one attached hydrogen (secondary N) is 2. The highest BCUT2D eigenvalue weighted by molar-refractivity contribution is 5.79. The molecule has 0 amide bonds. The van der Waals surface area contributed by atoms with Gasteiger partial charge in [0.05, 0.1) is 6.54 Å². The SMILES string of the molecule is CCNC(=NCC(C)(O)c1ccccc1)NCCCN1CCCN(C)CC1. The molecule has 1 aromatic carbocycles. The van der Waals surface area contributed by atoms with Crippen molar-refractivity contribution in [2.24, 2.45) is 4.99 Å². The van der Waals surface area contributed by atoms with Crippen LogP contribution >= 0.6 is 0 Å². The van der Waals surface area contributed by atoms with Crippen LogP contribution in [0.15, 0.2) is 35.3 Å². The molecule has 0 saturated carbocycles. The summed E-state index contributed by atoms with van der Waals surface area (Å²) in [5.41, 5.74) is -0.0856. The van der Waals surface area contributed by atoms with E-state index in [-0.39, 0.29) is 0 Å². The summed E-state index contributed by atoms with van der Waals surface area (Å²) in [6.45, 7) is 11.7. The molecule has 1 aromatic rings. The van der Waals surface area contributed by atoms with E-state index in [1.54, 1.807) is 0 Å². The van der Waals surface area contributed by atoms with Gasteiger partial charge in [-0.25, -0.2) is 4.99 Å². The lowest BCUT2D eigenvalue weighted by molar-refractivity contribution is 0.0672. The van der Waals surface area contributed by atoms with Gasteiger partial charge in [0.2, 0.25) is 0 Å². The van der Waals surface area contributed by atoms with E-state index >= 15 is 0 Å². The predicted octanol–water partition coefficient (Wildman–Crippen LogP) is 1.48. The smallest absolute Gasteiger partial charge is 0.191 e. The molecule has 0 aliphatic carbocycles. The number of likely N-dealkylation sites (N-methyl/N-ethyl adjacent to an activating group) is 1. The number of hydrogen-bond acceptors (Lipinski definition) is 4. The van der Waals surface area contributed by atoms with Gasteiger partial charge >= 0.3 is 0 Å². The van der Waals surface area contributed by atoms with Crippen LogP contribution in [0.25, 0.3) is 0 Å². The van der Waals surface area contributed by atoms with Crippen molar-refractivity contribution in [1.82, 2.24) is 20.4 Å². The summed E-state index contributed by atoms with van der Waals surface area (Å²) < 4.78 is 0. The molecule has 3 N–H and O–H groups in total. The summed E-state index contributed by atoms with van der Waals surface area (Å²) >= 11 is 0. The van der Waals surface area contributed by atoms with Crippen LogP contribution in [-0.4, -0.2) is 80.3 Å². The van der Waals surface area contributed by atoms with Gasteiger partial charge in [0.15, 0.2) is 5.96 Å². The van der Waals surface area contributed by atoms with Crippen LogP contribution in [0, 0.1) is 0 Å². The summed E-state index contributed by atoms with van der Waals surface area (Å²) in [5, 5.41) is 17.4. The first kappa shape index (κ1) is 21.7. The largest absolute Gasteiger partial charge is 0.384 e. The van der Waals surface area contributed by atoms with Crippen LogP contribution in [0.5, 0.6) is 0 Å². The second-order valence-electron chi connectivity index (χ2n) is 7.61. The second kappa shape index (κ2) is 11.3. The van der Waals surface area contributed by atoms with Crippen molar-refractivity contribution in [1.29, 1.82) is 0 Å². The molecule has 1 atom stereocenters. The number of aliphatic imine (C=N–C) groups is 1. The Morgan fingerprint density at radius 2 is 1.93 bits per heavy atom. The summed E-state index contributed by atoms with van der Waals surface area (Å²) in [6.07, 6.45) is 2.34. The molecule has 1 unspecified atom stereocenters. The normalized spacial score (nSPS) is 19.3. The zero-order valence-electron chi connectivity index (χ0n) is 17.2. The van der Waals surface area contributed by atoms with Crippen LogP contribution < -0.4 is 10.6 Å². The average molecular weight is 376 g/mol. The Hall–Kier alpha value is -1.63. The quantitative estimate of drug-likeness (QED) is 0.365. The zero-order valence-corrected chi connectivity index (χ0v) is 17.2. The van der Waals surface area contributed by atoms with Crippen LogP contribution in [-0.2, 0) is 5.60 Å². The molecule has 27 heavy (non-hydrogen) atoms. The molecule has 2 rings (SSSR count). The predicted molar refractivity (Wildman–Crippen MR) is 113 cm³/mol. The molecule has 152 valence electrons. The third-order valence-electron chi connectivity index (χ3n) is 5.04. The van der Waals surface area contributed by atoms with Crippen molar-refractivity contribution in [3.05, 3.63) is 35.9 Å². The molecule has 0 spiro atoms. The van der Waals surface area contributed by atoms with Gasteiger partial charge in [-0.2, -0.15) is 0 Å². The highest BCUT2D eigenvalue weighted by Crippen LogP contribution is 2.20. The maximum atomic E-state index is 10.7. The van der Waals surface area contributed by atoms with E-state index < -0.39 is 5.60 Å². The van der Waals surface area contributed by atoms with Crippen molar-refractivity contribution >= 4 is 5.96 Å². The minimum Gasteiger partial charge on any atom is -0.384 e.